The molecule has 0 amide bonds. The molecule has 1 saturated carbocycles. The highest BCUT2D eigenvalue weighted by atomic mass is 19.1. The number of halogens is 1. The monoisotopic (exact) mass is 271 g/mol. The largest absolute Gasteiger partial charge is 0.373 e. The Hall–Kier alpha value is -0.150. The smallest absolute Gasteiger partial charge is 0.116 e. The van der Waals surface area contributed by atoms with Gasteiger partial charge in [-0.05, 0) is 58.4 Å². The summed E-state index contributed by atoms with van der Waals surface area (Å²) in [5, 5.41) is 0. The van der Waals surface area contributed by atoms with E-state index in [2.05, 4.69) is 39.5 Å². The summed E-state index contributed by atoms with van der Waals surface area (Å²) in [5.41, 5.74) is -0.0527. The van der Waals surface area contributed by atoms with Crippen molar-refractivity contribution in [3.63, 3.8) is 0 Å². The molecule has 1 aliphatic carbocycles. The molecule has 0 aromatic heterocycles. The van der Waals surface area contributed by atoms with E-state index in [1.807, 2.05) is 0 Å². The minimum atomic E-state index is -0.642. The standard InChI is InChI=1S/C16H30FNO/c1-11(2)14-6-7-18(10-15(14)17)12-8-13(9-12)19-16(3,4)5/h11-15H,6-10H2,1-5H3/t12?,13?,14-,15-/m0/s1. The lowest BCUT2D eigenvalue weighted by atomic mass is 9.81. The Bertz CT molecular complexity index is 294. The van der Waals surface area contributed by atoms with Gasteiger partial charge in [0.15, 0.2) is 0 Å². The van der Waals surface area contributed by atoms with Gasteiger partial charge in [-0.3, -0.25) is 4.90 Å². The topological polar surface area (TPSA) is 12.5 Å². The third kappa shape index (κ3) is 3.91. The lowest BCUT2D eigenvalue weighted by Gasteiger charge is -2.48. The molecule has 0 unspecified atom stereocenters. The van der Waals surface area contributed by atoms with E-state index in [-0.39, 0.29) is 11.5 Å². The lowest BCUT2D eigenvalue weighted by molar-refractivity contribution is -0.127. The zero-order valence-corrected chi connectivity index (χ0v) is 13.2. The second-order valence-corrected chi connectivity index (χ2v) is 7.68. The van der Waals surface area contributed by atoms with Crippen molar-refractivity contribution in [1.82, 2.24) is 4.90 Å². The number of alkyl halides is 1. The van der Waals surface area contributed by atoms with Gasteiger partial charge >= 0.3 is 0 Å². The molecule has 2 fully saturated rings. The van der Waals surface area contributed by atoms with Gasteiger partial charge in [-0.1, -0.05) is 13.8 Å². The molecule has 2 rings (SSSR count). The number of hydrogen-bond donors (Lipinski definition) is 0. The van der Waals surface area contributed by atoms with Crippen LogP contribution in [0.25, 0.3) is 0 Å². The van der Waals surface area contributed by atoms with Gasteiger partial charge < -0.3 is 4.74 Å². The van der Waals surface area contributed by atoms with Crippen molar-refractivity contribution < 1.29 is 9.13 Å². The maximum absolute atomic E-state index is 14.2. The first-order chi connectivity index (χ1) is 8.76. The van der Waals surface area contributed by atoms with E-state index in [9.17, 15) is 4.39 Å². The highest BCUT2D eigenvalue weighted by Gasteiger charge is 2.40. The van der Waals surface area contributed by atoms with Crippen LogP contribution in [0.1, 0.15) is 53.9 Å². The summed E-state index contributed by atoms with van der Waals surface area (Å²) in [6.45, 7) is 12.3. The number of likely N-dealkylation sites (tertiary alicyclic amines) is 1. The summed E-state index contributed by atoms with van der Waals surface area (Å²) >= 11 is 0. The Balaban J connectivity index is 1.75. The summed E-state index contributed by atoms with van der Waals surface area (Å²) in [6.07, 6.45) is 2.91. The minimum Gasteiger partial charge on any atom is -0.373 e. The van der Waals surface area contributed by atoms with Crippen LogP contribution >= 0.6 is 0 Å². The van der Waals surface area contributed by atoms with Gasteiger partial charge in [0.05, 0.1) is 11.7 Å². The van der Waals surface area contributed by atoms with Crippen LogP contribution < -0.4 is 0 Å². The molecule has 1 saturated heterocycles. The molecule has 0 spiro atoms. The van der Waals surface area contributed by atoms with Crippen molar-refractivity contribution in [2.24, 2.45) is 11.8 Å². The van der Waals surface area contributed by atoms with E-state index < -0.39 is 6.17 Å². The number of hydrogen-bond acceptors (Lipinski definition) is 2. The van der Waals surface area contributed by atoms with Crippen molar-refractivity contribution in [3.05, 3.63) is 0 Å². The first-order valence-corrected chi connectivity index (χ1v) is 7.82. The first kappa shape index (κ1) is 15.2. The Kier molecular flexibility index (Phi) is 4.56. The molecule has 19 heavy (non-hydrogen) atoms. The van der Waals surface area contributed by atoms with Crippen molar-refractivity contribution in [3.8, 4) is 0 Å². The van der Waals surface area contributed by atoms with Gasteiger partial charge in [-0.2, -0.15) is 0 Å². The number of nitrogens with zero attached hydrogens (tertiary/aromatic N) is 1. The van der Waals surface area contributed by atoms with Crippen LogP contribution in [-0.4, -0.2) is 41.9 Å². The van der Waals surface area contributed by atoms with Gasteiger partial charge in [0.25, 0.3) is 0 Å². The fraction of sp³-hybridized carbons (Fsp3) is 1.00. The van der Waals surface area contributed by atoms with Gasteiger partial charge in [0, 0.05) is 12.6 Å². The molecule has 0 aromatic rings. The predicted molar refractivity (Wildman–Crippen MR) is 77.1 cm³/mol. The molecule has 0 radical (unpaired) electrons. The zero-order valence-electron chi connectivity index (χ0n) is 13.2. The number of ether oxygens (including phenoxy) is 1. The Morgan fingerprint density at radius 1 is 1.21 bits per heavy atom. The van der Waals surface area contributed by atoms with E-state index in [4.69, 9.17) is 4.74 Å². The Morgan fingerprint density at radius 3 is 2.32 bits per heavy atom. The molecule has 0 bridgehead atoms. The molecule has 2 aliphatic rings. The molecule has 1 heterocycles. The van der Waals surface area contributed by atoms with E-state index in [0.717, 1.165) is 25.8 Å². The average molecular weight is 271 g/mol. The first-order valence-electron chi connectivity index (χ1n) is 7.82. The van der Waals surface area contributed by atoms with Crippen LogP contribution in [-0.2, 0) is 4.74 Å². The van der Waals surface area contributed by atoms with E-state index in [0.29, 0.717) is 24.6 Å². The Labute approximate surface area is 117 Å². The van der Waals surface area contributed by atoms with Gasteiger partial charge in [0.2, 0.25) is 0 Å². The zero-order chi connectivity index (χ0) is 14.2. The quantitative estimate of drug-likeness (QED) is 0.777. The average Bonchev–Trinajstić information content (AvgIpc) is 2.20. The molecule has 3 heteroatoms. The van der Waals surface area contributed by atoms with E-state index in [1.165, 1.54) is 0 Å². The van der Waals surface area contributed by atoms with Crippen LogP contribution in [0.5, 0.6) is 0 Å². The minimum absolute atomic E-state index is 0.0527. The van der Waals surface area contributed by atoms with Crippen molar-refractivity contribution in [2.45, 2.75) is 77.8 Å². The summed E-state index contributed by atoms with van der Waals surface area (Å²) < 4.78 is 20.1. The molecular formula is C16H30FNO. The van der Waals surface area contributed by atoms with Gasteiger partial charge in [0.1, 0.15) is 6.17 Å². The third-order valence-electron chi connectivity index (χ3n) is 4.59. The van der Waals surface area contributed by atoms with Crippen LogP contribution in [0, 0.1) is 11.8 Å². The molecule has 112 valence electrons. The lowest BCUT2D eigenvalue weighted by Crippen LogP contribution is -2.55. The van der Waals surface area contributed by atoms with Crippen LogP contribution in [0.2, 0.25) is 0 Å². The third-order valence-corrected chi connectivity index (χ3v) is 4.59. The van der Waals surface area contributed by atoms with Crippen LogP contribution in [0.3, 0.4) is 0 Å². The SMILES string of the molecule is CC(C)[C@@H]1CCN(C2CC(OC(C)(C)C)C2)C[C@@H]1F. The number of rotatable bonds is 3. The van der Waals surface area contributed by atoms with Crippen molar-refractivity contribution in [2.75, 3.05) is 13.1 Å². The summed E-state index contributed by atoms with van der Waals surface area (Å²) in [6, 6.07) is 0.554. The van der Waals surface area contributed by atoms with Crippen LogP contribution in [0.4, 0.5) is 4.39 Å². The maximum atomic E-state index is 14.2. The Morgan fingerprint density at radius 2 is 1.84 bits per heavy atom. The van der Waals surface area contributed by atoms with E-state index >= 15 is 0 Å². The molecular weight excluding hydrogens is 241 g/mol. The normalized spacial score (nSPS) is 37.4. The van der Waals surface area contributed by atoms with Crippen molar-refractivity contribution in [1.29, 1.82) is 0 Å². The molecule has 1 aliphatic heterocycles. The highest BCUT2D eigenvalue weighted by molar-refractivity contribution is 4.93. The molecule has 2 atom stereocenters. The number of piperidine rings is 1. The maximum Gasteiger partial charge on any atom is 0.116 e. The fourth-order valence-electron chi connectivity index (χ4n) is 3.46. The summed E-state index contributed by atoms with van der Waals surface area (Å²) in [4.78, 5) is 2.35. The van der Waals surface area contributed by atoms with Gasteiger partial charge in [-0.25, -0.2) is 4.39 Å². The van der Waals surface area contributed by atoms with E-state index in [1.54, 1.807) is 0 Å². The molecule has 2 nitrogen and oxygen atoms in total. The second-order valence-electron chi connectivity index (χ2n) is 7.68. The summed E-state index contributed by atoms with van der Waals surface area (Å²) in [5.74, 6) is 0.730. The molecule has 0 aromatic carbocycles. The van der Waals surface area contributed by atoms with Crippen LogP contribution in [0.15, 0.2) is 0 Å². The summed E-state index contributed by atoms with van der Waals surface area (Å²) in [7, 11) is 0. The second kappa shape index (κ2) is 5.69. The fourth-order valence-corrected chi connectivity index (χ4v) is 3.46. The highest BCUT2D eigenvalue weighted by Crippen LogP contribution is 2.35. The van der Waals surface area contributed by atoms with Crippen molar-refractivity contribution >= 4 is 0 Å². The predicted octanol–water partition coefficient (Wildman–Crippen LogP) is 3.65. The van der Waals surface area contributed by atoms with Gasteiger partial charge in [-0.15, -0.1) is 0 Å². The molecule has 0 N–H and O–H groups in total.